The molecule has 0 saturated carbocycles. The van der Waals surface area contributed by atoms with E-state index in [0.29, 0.717) is 46.2 Å². The minimum Gasteiger partial charge on any atom is -0.480 e. The van der Waals surface area contributed by atoms with Crippen molar-refractivity contribution in [3.63, 3.8) is 0 Å². The molecule has 0 fully saturated rings. The van der Waals surface area contributed by atoms with Crippen molar-refractivity contribution in [1.29, 1.82) is 0 Å². The number of rotatable bonds is 12. The molecule has 0 aliphatic rings. The molecule has 0 radical (unpaired) electrons. The summed E-state index contributed by atoms with van der Waals surface area (Å²) in [5.74, 6) is -1.03. The van der Waals surface area contributed by atoms with Crippen LogP contribution in [0, 0.1) is 11.6 Å². The van der Waals surface area contributed by atoms with Crippen LogP contribution in [0.2, 0.25) is 0 Å². The molecule has 13 nitrogen and oxygen atoms in total. The van der Waals surface area contributed by atoms with Gasteiger partial charge in [-0.2, -0.15) is 0 Å². The Morgan fingerprint density at radius 3 is 1.45 bits per heavy atom. The zero-order valence-corrected chi connectivity index (χ0v) is 32.8. The molecule has 0 spiro atoms. The van der Waals surface area contributed by atoms with E-state index >= 15 is 0 Å². The van der Waals surface area contributed by atoms with Gasteiger partial charge in [-0.3, -0.25) is 29.1 Å². The number of aryl methyl sites for hydroxylation is 1. The van der Waals surface area contributed by atoms with E-state index in [1.54, 1.807) is 20.8 Å². The van der Waals surface area contributed by atoms with Crippen molar-refractivity contribution in [2.24, 2.45) is 5.73 Å². The highest BCUT2D eigenvalue weighted by atomic mass is 35.5. The van der Waals surface area contributed by atoms with Gasteiger partial charge in [0.2, 0.25) is 11.8 Å². The quantitative estimate of drug-likeness (QED) is 0.0880. The third kappa shape index (κ3) is 18.3. The molecule has 0 unspecified atom stereocenters. The Labute approximate surface area is 331 Å². The number of aromatic nitrogens is 4. The summed E-state index contributed by atoms with van der Waals surface area (Å²) in [5.41, 5.74) is 7.15. The summed E-state index contributed by atoms with van der Waals surface area (Å²) in [6.45, 7) is 11.1. The number of nitrogens with zero attached hydrogens (tertiary/aromatic N) is 4. The zero-order chi connectivity index (χ0) is 41.3. The molecule has 2 aromatic heterocycles. The summed E-state index contributed by atoms with van der Waals surface area (Å²) >= 11 is 5.09. The second kappa shape index (κ2) is 22.8. The number of Topliss-reactive ketones (excluding diaryl/α,β-unsaturated/α-hetero) is 1. The third-order valence-corrected chi connectivity index (χ3v) is 6.84. The number of carbonyl (C=O) groups is 4. The smallest absolute Gasteiger partial charge is 0.312 e. The number of carbonyl (C=O) groups excluding carboxylic acids is 4. The van der Waals surface area contributed by atoms with E-state index in [9.17, 15) is 28.0 Å². The molecule has 304 valence electrons. The molecule has 0 atom stereocenters. The highest BCUT2D eigenvalue weighted by Gasteiger charge is 2.20. The topological polar surface area (TPSA) is 183 Å². The monoisotopic (exact) mass is 801 g/mol. The number of nitrogens with two attached hydrogens (primary N) is 1. The molecule has 0 saturated heterocycles. The molecule has 0 aliphatic carbocycles. The zero-order valence-electron chi connectivity index (χ0n) is 32.1. The largest absolute Gasteiger partial charge is 0.480 e. The van der Waals surface area contributed by atoms with Crippen molar-refractivity contribution in [2.75, 3.05) is 14.2 Å². The maximum atomic E-state index is 12.9. The van der Waals surface area contributed by atoms with Crippen molar-refractivity contribution in [3.8, 4) is 11.8 Å². The van der Waals surface area contributed by atoms with E-state index in [0.717, 1.165) is 0 Å². The van der Waals surface area contributed by atoms with Gasteiger partial charge in [-0.15, -0.1) is 0 Å². The van der Waals surface area contributed by atoms with Crippen molar-refractivity contribution < 1.29 is 46.9 Å². The van der Waals surface area contributed by atoms with Crippen LogP contribution in [0.15, 0.2) is 60.9 Å². The highest BCUT2D eigenvalue weighted by Crippen LogP contribution is 2.18. The number of ether oxygens (including phenoxy) is 4. The lowest BCUT2D eigenvalue weighted by molar-refractivity contribution is -0.155. The van der Waals surface area contributed by atoms with Crippen molar-refractivity contribution in [2.45, 2.75) is 92.4 Å². The average molecular weight is 802 g/mol. The Bertz CT molecular complexity index is 1900. The van der Waals surface area contributed by atoms with Gasteiger partial charge in [0, 0.05) is 42.9 Å². The van der Waals surface area contributed by atoms with Crippen LogP contribution >= 0.6 is 11.6 Å². The summed E-state index contributed by atoms with van der Waals surface area (Å²) < 4.78 is 45.9. The van der Waals surface area contributed by atoms with E-state index < -0.39 is 22.4 Å². The van der Waals surface area contributed by atoms with Gasteiger partial charge in [0.25, 0.3) is 5.24 Å². The fourth-order valence-corrected chi connectivity index (χ4v) is 4.44. The molecule has 0 aliphatic heterocycles. The Hall–Kier alpha value is -5.41. The summed E-state index contributed by atoms with van der Waals surface area (Å²) in [5, 5.41) is -0.569. The Kier molecular flexibility index (Phi) is 19.8. The van der Waals surface area contributed by atoms with Gasteiger partial charge in [0.15, 0.2) is 5.78 Å². The number of esters is 2. The lowest BCUT2D eigenvalue weighted by atomic mass is 10.1. The van der Waals surface area contributed by atoms with E-state index in [1.807, 2.05) is 20.8 Å². The van der Waals surface area contributed by atoms with Gasteiger partial charge in [-0.1, -0.05) is 7.43 Å². The molecule has 2 aromatic carbocycles. The summed E-state index contributed by atoms with van der Waals surface area (Å²) in [7, 11) is 2.94. The normalized spacial score (nSPS) is 10.6. The Balaban J connectivity index is 0.000000464. The van der Waals surface area contributed by atoms with Gasteiger partial charge in [0.05, 0.1) is 38.4 Å². The van der Waals surface area contributed by atoms with Crippen molar-refractivity contribution in [1.82, 2.24) is 19.9 Å². The third-order valence-electron chi connectivity index (χ3n) is 6.62. The molecule has 0 amide bonds. The van der Waals surface area contributed by atoms with E-state index in [-0.39, 0.29) is 62.5 Å². The highest BCUT2D eigenvalue weighted by molar-refractivity contribution is 6.67. The molecule has 2 N–H and O–H groups in total. The number of halogens is 3. The van der Waals surface area contributed by atoms with Gasteiger partial charge in [0.1, 0.15) is 34.2 Å². The van der Waals surface area contributed by atoms with Crippen LogP contribution in [-0.2, 0) is 44.9 Å². The first-order valence-corrected chi connectivity index (χ1v) is 17.3. The van der Waals surface area contributed by atoms with Gasteiger partial charge >= 0.3 is 11.9 Å². The summed E-state index contributed by atoms with van der Waals surface area (Å²) in [4.78, 5) is 62.9. The first kappa shape index (κ1) is 48.6. The fourth-order valence-electron chi connectivity index (χ4n) is 4.32. The van der Waals surface area contributed by atoms with Gasteiger partial charge < -0.3 is 24.7 Å². The molecule has 2 heterocycles. The molecular formula is C40H50ClF2N5O8. The second-order valence-electron chi connectivity index (χ2n) is 13.6. The number of methoxy groups -OCH3 is 2. The number of ketones is 1. The number of hydrogen-bond acceptors (Lipinski definition) is 13. The number of hydrogen-bond donors (Lipinski definition) is 1. The lowest BCUT2D eigenvalue weighted by Crippen LogP contribution is -2.25. The van der Waals surface area contributed by atoms with Gasteiger partial charge in [-0.25, -0.2) is 18.7 Å². The maximum absolute atomic E-state index is 12.9. The SMILES string of the molecule is C.COc1nc(CC(=O)OC(C)(C)C)cnc1CCC(=O)c1ccc(F)cc1.COc1nc(CC(=O)OC(C)(C)C)cnc1CN.O=C(Cl)c1ccc(F)cc1. The molecule has 0 bridgehead atoms. The van der Waals surface area contributed by atoms with E-state index in [2.05, 4.69) is 19.9 Å². The molecule has 4 rings (SSSR count). The summed E-state index contributed by atoms with van der Waals surface area (Å²) in [6, 6.07) is 10.5. The molecule has 16 heteroatoms. The predicted octanol–water partition coefficient (Wildman–Crippen LogP) is 6.99. The number of benzene rings is 2. The first-order valence-electron chi connectivity index (χ1n) is 16.9. The van der Waals surface area contributed by atoms with Crippen LogP contribution in [0.4, 0.5) is 8.78 Å². The standard InChI is InChI=1S/C20H23FN2O4.C12H19N3O3.C7H4ClFO.CH4/c1-20(2,3)27-18(25)11-15-12-22-16(19(23-15)26-4)9-10-17(24)13-5-7-14(21)8-6-13;1-12(2,3)18-10(16)5-8-7-14-9(6-13)11(15-8)17-4;8-7(10)5-1-3-6(9)4-2-5;/h5-8,12H,9-11H2,1-4H3;7H,5-6,13H2,1-4H3;1-4H;1H4. The molecular weight excluding hydrogens is 752 g/mol. The van der Waals surface area contributed by atoms with Crippen LogP contribution < -0.4 is 15.2 Å². The van der Waals surface area contributed by atoms with E-state index in [4.69, 9.17) is 36.3 Å². The minimum atomic E-state index is -0.574. The van der Waals surface area contributed by atoms with Crippen LogP contribution in [0.5, 0.6) is 11.8 Å². The summed E-state index contributed by atoms with van der Waals surface area (Å²) in [6.07, 6.45) is 3.53. The van der Waals surface area contributed by atoms with Crippen LogP contribution in [0.3, 0.4) is 0 Å². The van der Waals surface area contributed by atoms with Gasteiger partial charge in [-0.05, 0) is 102 Å². The average Bonchev–Trinajstić information content (AvgIpc) is 3.10. The van der Waals surface area contributed by atoms with Crippen molar-refractivity contribution >= 4 is 34.6 Å². The Morgan fingerprint density at radius 1 is 0.679 bits per heavy atom. The minimum absolute atomic E-state index is 0. The van der Waals surface area contributed by atoms with Crippen LogP contribution in [0.25, 0.3) is 0 Å². The lowest BCUT2D eigenvalue weighted by Gasteiger charge is -2.19. The van der Waals surface area contributed by atoms with Crippen LogP contribution in [-0.4, -0.2) is 68.3 Å². The van der Waals surface area contributed by atoms with E-state index in [1.165, 1.54) is 75.1 Å². The molecule has 56 heavy (non-hydrogen) atoms. The second-order valence-corrected chi connectivity index (χ2v) is 13.9. The predicted molar refractivity (Wildman–Crippen MR) is 207 cm³/mol. The first-order chi connectivity index (χ1) is 25.7. The fraction of sp³-hybridized carbons (Fsp3) is 0.400. The van der Waals surface area contributed by atoms with Crippen molar-refractivity contribution in [3.05, 3.63) is 106 Å². The van der Waals surface area contributed by atoms with Crippen LogP contribution in [0.1, 0.15) is 98.9 Å². The Morgan fingerprint density at radius 2 is 1.07 bits per heavy atom. The molecule has 4 aromatic rings. The maximum Gasteiger partial charge on any atom is 0.312 e.